The Morgan fingerprint density at radius 2 is 2.60 bits per heavy atom. The molecule has 1 unspecified atom stereocenters. The summed E-state index contributed by atoms with van der Waals surface area (Å²) < 4.78 is 5.62. The first kappa shape index (κ1) is 10.6. The molecule has 1 fully saturated rings. The third kappa shape index (κ3) is 2.37. The molecule has 4 nitrogen and oxygen atoms in total. The predicted molar refractivity (Wildman–Crippen MR) is 58.6 cm³/mol. The van der Waals surface area contributed by atoms with Gasteiger partial charge in [0, 0.05) is 11.4 Å². The van der Waals surface area contributed by atoms with E-state index in [2.05, 4.69) is 0 Å². The molecule has 0 aromatic carbocycles. The number of ether oxygens (including phenoxy) is 1. The Hall–Kier alpha value is -0.910. The number of rotatable bonds is 2. The molecule has 2 N–H and O–H groups in total. The molecule has 5 heteroatoms. The number of thiophene rings is 1. The lowest BCUT2D eigenvalue weighted by Gasteiger charge is -2.32. The van der Waals surface area contributed by atoms with Gasteiger partial charge in [-0.25, -0.2) is 0 Å². The third-order valence-electron chi connectivity index (χ3n) is 2.45. The highest BCUT2D eigenvalue weighted by molar-refractivity contribution is 7.10. The van der Waals surface area contributed by atoms with E-state index in [9.17, 15) is 4.79 Å². The lowest BCUT2D eigenvalue weighted by molar-refractivity contribution is -0.137. The van der Waals surface area contributed by atoms with Gasteiger partial charge in [-0.1, -0.05) is 6.07 Å². The molecule has 0 aliphatic carbocycles. The highest BCUT2D eigenvalue weighted by atomic mass is 32.1. The minimum Gasteiger partial charge on any atom is -0.369 e. The fourth-order valence-electron chi connectivity index (χ4n) is 1.65. The van der Waals surface area contributed by atoms with Gasteiger partial charge in [-0.15, -0.1) is 11.3 Å². The van der Waals surface area contributed by atoms with Gasteiger partial charge in [0.25, 0.3) is 0 Å². The summed E-state index contributed by atoms with van der Waals surface area (Å²) in [6.45, 7) is 1.94. The molecule has 0 spiro atoms. The second-order valence-electron chi connectivity index (χ2n) is 3.42. The van der Waals surface area contributed by atoms with Crippen molar-refractivity contribution in [2.24, 2.45) is 5.73 Å². The Balaban J connectivity index is 2.01. The van der Waals surface area contributed by atoms with E-state index in [4.69, 9.17) is 10.5 Å². The average Bonchev–Trinajstić information content (AvgIpc) is 2.82. The maximum absolute atomic E-state index is 11.4. The zero-order chi connectivity index (χ0) is 10.7. The van der Waals surface area contributed by atoms with Crippen molar-refractivity contribution >= 4 is 17.2 Å². The second kappa shape index (κ2) is 4.74. The highest BCUT2D eigenvalue weighted by Crippen LogP contribution is 2.25. The highest BCUT2D eigenvalue weighted by Gasteiger charge is 2.24. The van der Waals surface area contributed by atoms with Gasteiger partial charge in [0.05, 0.1) is 19.7 Å². The Morgan fingerprint density at radius 3 is 3.27 bits per heavy atom. The monoisotopic (exact) mass is 226 g/mol. The molecule has 1 aliphatic heterocycles. The number of hydrogen-bond donors (Lipinski definition) is 1. The fourth-order valence-corrected chi connectivity index (χ4v) is 2.42. The fraction of sp³-hybridized carbons (Fsp3) is 0.500. The van der Waals surface area contributed by atoms with Crippen LogP contribution in [0.25, 0.3) is 0 Å². The molecule has 1 atom stereocenters. The van der Waals surface area contributed by atoms with Crippen LogP contribution in [0.5, 0.6) is 0 Å². The van der Waals surface area contributed by atoms with Gasteiger partial charge in [-0.2, -0.15) is 0 Å². The first-order valence-corrected chi connectivity index (χ1v) is 5.82. The van der Waals surface area contributed by atoms with Crippen LogP contribution in [-0.4, -0.2) is 37.0 Å². The van der Waals surface area contributed by atoms with E-state index in [0.717, 1.165) is 0 Å². The molecule has 1 aliphatic rings. The number of carbonyl (C=O) groups is 1. The van der Waals surface area contributed by atoms with E-state index in [-0.39, 0.29) is 18.6 Å². The third-order valence-corrected chi connectivity index (χ3v) is 3.42. The summed E-state index contributed by atoms with van der Waals surface area (Å²) in [6, 6.07) is 4.03. The van der Waals surface area contributed by atoms with Gasteiger partial charge in [0.1, 0.15) is 6.10 Å². The van der Waals surface area contributed by atoms with E-state index >= 15 is 0 Å². The first-order chi connectivity index (χ1) is 7.31. The van der Waals surface area contributed by atoms with Crippen molar-refractivity contribution in [1.29, 1.82) is 0 Å². The van der Waals surface area contributed by atoms with Crippen LogP contribution in [0.2, 0.25) is 0 Å². The molecule has 1 amide bonds. The summed E-state index contributed by atoms with van der Waals surface area (Å²) in [4.78, 5) is 14.4. The van der Waals surface area contributed by atoms with E-state index in [1.807, 2.05) is 17.5 Å². The van der Waals surface area contributed by atoms with Crippen LogP contribution >= 0.6 is 11.3 Å². The Morgan fingerprint density at radius 1 is 1.73 bits per heavy atom. The number of nitrogens with zero attached hydrogens (tertiary/aromatic N) is 1. The zero-order valence-corrected chi connectivity index (χ0v) is 9.20. The van der Waals surface area contributed by atoms with Crippen LogP contribution in [0, 0.1) is 0 Å². The van der Waals surface area contributed by atoms with Crippen LogP contribution in [-0.2, 0) is 9.53 Å². The Labute approximate surface area is 92.6 Å². The van der Waals surface area contributed by atoms with Crippen LogP contribution in [0.4, 0.5) is 0 Å². The summed E-state index contributed by atoms with van der Waals surface area (Å²) in [5, 5.41) is 2.02. The normalized spacial score (nSPS) is 21.7. The molecule has 1 saturated heterocycles. The average molecular weight is 226 g/mol. The van der Waals surface area contributed by atoms with Crippen molar-refractivity contribution in [2.75, 3.05) is 26.2 Å². The van der Waals surface area contributed by atoms with Crippen LogP contribution in [0.3, 0.4) is 0 Å². The van der Waals surface area contributed by atoms with Gasteiger partial charge in [-0.3, -0.25) is 4.79 Å². The molecule has 82 valence electrons. The number of nitrogens with two attached hydrogens (primary N) is 1. The van der Waals surface area contributed by atoms with E-state index in [1.54, 1.807) is 16.2 Å². The molecule has 2 rings (SSSR count). The minimum atomic E-state index is -0.000133. The summed E-state index contributed by atoms with van der Waals surface area (Å²) in [7, 11) is 0. The van der Waals surface area contributed by atoms with Crippen molar-refractivity contribution in [1.82, 2.24) is 4.90 Å². The summed E-state index contributed by atoms with van der Waals surface area (Å²) in [6.07, 6.45) is 0.0225. The molecular formula is C10H14N2O2S. The maximum Gasteiger partial charge on any atom is 0.236 e. The Bertz CT molecular complexity index is 326. The minimum absolute atomic E-state index is 0.000133. The predicted octanol–water partition coefficient (Wildman–Crippen LogP) is 0.607. The SMILES string of the molecule is NCC(=O)N1CCOC(c2cccs2)C1. The topological polar surface area (TPSA) is 55.6 Å². The molecule has 0 radical (unpaired) electrons. The molecule has 2 heterocycles. The van der Waals surface area contributed by atoms with Crippen LogP contribution in [0.15, 0.2) is 17.5 Å². The van der Waals surface area contributed by atoms with Crippen molar-refractivity contribution in [2.45, 2.75) is 6.10 Å². The van der Waals surface area contributed by atoms with E-state index < -0.39 is 0 Å². The largest absolute Gasteiger partial charge is 0.369 e. The number of carbonyl (C=O) groups excluding carboxylic acids is 1. The summed E-state index contributed by atoms with van der Waals surface area (Å²) >= 11 is 1.66. The quantitative estimate of drug-likeness (QED) is 0.803. The molecule has 15 heavy (non-hydrogen) atoms. The molecule has 1 aromatic heterocycles. The number of hydrogen-bond acceptors (Lipinski definition) is 4. The lowest BCUT2D eigenvalue weighted by atomic mass is 10.2. The van der Waals surface area contributed by atoms with Crippen molar-refractivity contribution in [3.8, 4) is 0 Å². The number of morpholine rings is 1. The van der Waals surface area contributed by atoms with Gasteiger partial charge in [-0.05, 0) is 11.4 Å². The lowest BCUT2D eigenvalue weighted by Crippen LogP contribution is -2.44. The smallest absolute Gasteiger partial charge is 0.236 e. The summed E-state index contributed by atoms with van der Waals surface area (Å²) in [5.41, 5.74) is 5.34. The van der Waals surface area contributed by atoms with Gasteiger partial charge < -0.3 is 15.4 Å². The van der Waals surface area contributed by atoms with Crippen LogP contribution < -0.4 is 5.73 Å². The van der Waals surface area contributed by atoms with Crippen LogP contribution in [0.1, 0.15) is 11.0 Å². The first-order valence-electron chi connectivity index (χ1n) is 4.94. The van der Waals surface area contributed by atoms with Gasteiger partial charge >= 0.3 is 0 Å². The van der Waals surface area contributed by atoms with Crippen molar-refractivity contribution in [3.05, 3.63) is 22.4 Å². The standard InChI is InChI=1S/C10H14N2O2S/c11-6-10(13)12-3-4-14-8(7-12)9-2-1-5-15-9/h1-2,5,8H,3-4,6-7,11H2. The number of amides is 1. The summed E-state index contributed by atoms with van der Waals surface area (Å²) in [5.74, 6) is -0.000133. The molecule has 1 aromatic rings. The second-order valence-corrected chi connectivity index (χ2v) is 4.40. The maximum atomic E-state index is 11.4. The molecule has 0 saturated carbocycles. The zero-order valence-electron chi connectivity index (χ0n) is 8.39. The Kier molecular flexibility index (Phi) is 3.35. The van der Waals surface area contributed by atoms with E-state index in [0.29, 0.717) is 19.7 Å². The van der Waals surface area contributed by atoms with Crippen molar-refractivity contribution < 1.29 is 9.53 Å². The van der Waals surface area contributed by atoms with E-state index in [1.165, 1.54) is 4.88 Å². The molecule has 0 bridgehead atoms. The van der Waals surface area contributed by atoms with Gasteiger partial charge in [0.15, 0.2) is 0 Å². The molecular weight excluding hydrogens is 212 g/mol. The van der Waals surface area contributed by atoms with Gasteiger partial charge in [0.2, 0.25) is 5.91 Å². The van der Waals surface area contributed by atoms with Crippen molar-refractivity contribution in [3.63, 3.8) is 0 Å².